The molecule has 0 radical (unpaired) electrons. The molecule has 43 heavy (non-hydrogen) atoms. The van der Waals surface area contributed by atoms with Crippen molar-refractivity contribution < 1.29 is 0 Å². The van der Waals surface area contributed by atoms with Crippen LogP contribution in [0.4, 0.5) is 0 Å². The van der Waals surface area contributed by atoms with Gasteiger partial charge in [0.05, 0.1) is 24.2 Å². The smallest absolute Gasteiger partial charge is 0.0770 e. The first kappa shape index (κ1) is 43.7. The Bertz CT molecular complexity index is 680. The zero-order valence-corrected chi connectivity index (χ0v) is 38.7. The van der Waals surface area contributed by atoms with E-state index in [4.69, 9.17) is 0 Å². The molecule has 0 saturated carbocycles. The van der Waals surface area contributed by atoms with Crippen molar-refractivity contribution >= 4 is 30.9 Å². The topological polar surface area (TPSA) is 0 Å². The Balaban J connectivity index is 8.47. The Labute approximate surface area is 280 Å². The van der Waals surface area contributed by atoms with Crippen LogP contribution in [0.15, 0.2) is 0 Å². The molecule has 0 rings (SSSR count). The van der Waals surface area contributed by atoms with Gasteiger partial charge in [-0.2, -0.15) is 0 Å². The zero-order chi connectivity index (χ0) is 35.7. The number of hydrogen-bond acceptors (Lipinski definition) is 0. The van der Waals surface area contributed by atoms with E-state index in [1.165, 1.54) is 17.8 Å². The van der Waals surface area contributed by atoms with Gasteiger partial charge in [0.25, 0.3) is 0 Å². The second-order valence-electron chi connectivity index (χ2n) is 24.4. The number of rotatable bonds is 6. The summed E-state index contributed by atoms with van der Waals surface area (Å²) in [7, 11) is -5.92. The second-order valence-corrected chi connectivity index (χ2v) is 44.6. The van der Waals surface area contributed by atoms with Crippen LogP contribution in [0.25, 0.3) is 0 Å². The SMILES string of the molecule is CC(C)(C)[Si](CB(C[Si](C(C)(C)C)(C(C)(C)C)C(C)(C)C)C[Si](C(C)(C)C)(C(C)(C)C)C(C)(C)C)(C(C)(C)C)C(C)(C)C. The molecule has 0 spiro atoms. The maximum Gasteiger partial charge on any atom is 0.131 e. The maximum absolute atomic E-state index is 2.64. The number of hydrogen-bond donors (Lipinski definition) is 0. The van der Waals surface area contributed by atoms with Crippen molar-refractivity contribution in [2.45, 2.75) is 250 Å². The highest BCUT2D eigenvalue weighted by Gasteiger charge is 2.66. The molecule has 0 aromatic heterocycles. The highest BCUT2D eigenvalue weighted by molar-refractivity contribution is 7.07. The lowest BCUT2D eigenvalue weighted by Crippen LogP contribution is -2.67. The van der Waals surface area contributed by atoms with Gasteiger partial charge in [0, 0.05) is 0 Å². The monoisotopic (exact) mass is 651 g/mol. The molecule has 0 unspecified atom stereocenters. The molecule has 0 nitrogen and oxygen atoms in total. The molecule has 258 valence electrons. The average molecular weight is 651 g/mol. The summed E-state index contributed by atoms with van der Waals surface area (Å²) in [6, 6.07) is 0. The van der Waals surface area contributed by atoms with Crippen LogP contribution < -0.4 is 0 Å². The van der Waals surface area contributed by atoms with Crippen LogP contribution >= 0.6 is 0 Å². The molecular weight excluding hydrogens is 563 g/mol. The summed E-state index contributed by atoms with van der Waals surface area (Å²) in [6.07, 6.45) is 0. The van der Waals surface area contributed by atoms with Crippen LogP contribution in [0.1, 0.15) is 187 Å². The fraction of sp³-hybridized carbons (Fsp3) is 1.00. The Morgan fingerprint density at radius 1 is 0.233 bits per heavy atom. The molecule has 0 amide bonds. The molecule has 0 atom stereocenters. The molecule has 0 aromatic rings. The Kier molecular flexibility index (Phi) is 12.2. The third-order valence-electron chi connectivity index (χ3n) is 13.3. The Hall–Kier alpha value is 0.716. The van der Waals surface area contributed by atoms with Crippen LogP contribution in [0.2, 0.25) is 63.2 Å². The van der Waals surface area contributed by atoms with Crippen molar-refractivity contribution in [3.8, 4) is 0 Å². The van der Waals surface area contributed by atoms with Gasteiger partial charge in [0.2, 0.25) is 0 Å². The minimum atomic E-state index is -1.97. The van der Waals surface area contributed by atoms with Gasteiger partial charge < -0.3 is 0 Å². The quantitative estimate of drug-likeness (QED) is 0.251. The van der Waals surface area contributed by atoms with Crippen molar-refractivity contribution in [2.75, 3.05) is 0 Å². The van der Waals surface area contributed by atoms with Crippen LogP contribution in [0.5, 0.6) is 0 Å². The van der Waals surface area contributed by atoms with E-state index in [2.05, 4.69) is 187 Å². The van der Waals surface area contributed by atoms with Crippen molar-refractivity contribution in [3.63, 3.8) is 0 Å². The molecular formula is C39H87BSi3. The molecule has 0 aliphatic heterocycles. The largest absolute Gasteiger partial charge is 0.131 e. The second kappa shape index (κ2) is 12.0. The van der Waals surface area contributed by atoms with Gasteiger partial charge in [-0.25, -0.2) is 0 Å². The first-order valence-corrected chi connectivity index (χ1v) is 24.7. The van der Waals surface area contributed by atoms with Gasteiger partial charge in [-0.3, -0.25) is 0 Å². The Morgan fingerprint density at radius 3 is 0.395 bits per heavy atom. The van der Waals surface area contributed by atoms with Gasteiger partial charge in [0.15, 0.2) is 0 Å². The molecule has 0 aliphatic rings. The van der Waals surface area contributed by atoms with E-state index < -0.39 is 24.2 Å². The van der Waals surface area contributed by atoms with Crippen molar-refractivity contribution in [3.05, 3.63) is 0 Å². The summed E-state index contributed by atoms with van der Waals surface area (Å²) >= 11 is 0. The first-order valence-electron chi connectivity index (χ1n) is 18.0. The van der Waals surface area contributed by atoms with E-state index in [1.54, 1.807) is 0 Å². The van der Waals surface area contributed by atoms with Gasteiger partial charge in [-0.15, -0.1) is 0 Å². The summed E-state index contributed by atoms with van der Waals surface area (Å²) in [5, 5.41) is 2.81. The lowest BCUT2D eigenvalue weighted by molar-refractivity contribution is 0.528. The molecule has 0 aromatic carbocycles. The van der Waals surface area contributed by atoms with E-state index in [0.717, 1.165) is 6.71 Å². The predicted molar refractivity (Wildman–Crippen MR) is 215 cm³/mol. The predicted octanol–water partition coefficient (Wildman–Crippen LogP) is 15.6. The van der Waals surface area contributed by atoms with E-state index in [1.807, 2.05) is 0 Å². The standard InChI is InChI=1S/C39H87BSi3/c1-31(2,3)41(32(4,5)6,33(7,8)9)28-40(29-42(34(10,11)12,35(13,14)15)36(16,17)18)30-43(37(19,20)21,38(22,23)24)39(25,26)27/h28-30H2,1-27H3. The lowest BCUT2D eigenvalue weighted by Gasteiger charge is -2.66. The summed E-state index contributed by atoms with van der Waals surface area (Å²) in [5.41, 5.74) is 0. The maximum atomic E-state index is 2.64. The van der Waals surface area contributed by atoms with Crippen molar-refractivity contribution in [1.82, 2.24) is 0 Å². The highest BCUT2D eigenvalue weighted by atomic mass is 28.3. The molecule has 4 heteroatoms. The van der Waals surface area contributed by atoms with Gasteiger partial charge in [-0.1, -0.05) is 205 Å². The van der Waals surface area contributed by atoms with Crippen LogP contribution in [0, 0.1) is 0 Å². The average Bonchev–Trinajstić information content (AvgIpc) is 2.57. The van der Waals surface area contributed by atoms with Crippen LogP contribution in [0.3, 0.4) is 0 Å². The lowest BCUT2D eigenvalue weighted by atomic mass is 9.56. The van der Waals surface area contributed by atoms with Crippen molar-refractivity contribution in [2.24, 2.45) is 0 Å². The Morgan fingerprint density at radius 2 is 0.326 bits per heavy atom. The molecule has 0 bridgehead atoms. The van der Waals surface area contributed by atoms with Gasteiger partial charge in [-0.05, 0) is 45.3 Å². The van der Waals surface area contributed by atoms with Crippen LogP contribution in [-0.2, 0) is 0 Å². The zero-order valence-electron chi connectivity index (χ0n) is 35.7. The van der Waals surface area contributed by atoms with E-state index in [0.29, 0.717) is 45.3 Å². The minimum Gasteiger partial charge on any atom is -0.0770 e. The summed E-state index contributed by atoms with van der Waals surface area (Å²) in [6.45, 7) is 71.9. The normalized spacial score (nSPS) is 16.5. The summed E-state index contributed by atoms with van der Waals surface area (Å²) in [4.78, 5) is 0. The molecule has 0 fully saturated rings. The minimum absolute atomic E-state index is 0.312. The highest BCUT2D eigenvalue weighted by Crippen LogP contribution is 2.70. The van der Waals surface area contributed by atoms with Crippen LogP contribution in [-0.4, -0.2) is 30.9 Å². The molecule has 0 heterocycles. The third-order valence-corrected chi connectivity index (χ3v) is 39.9. The fourth-order valence-corrected chi connectivity index (χ4v) is 44.5. The molecule has 0 N–H and O–H groups in total. The van der Waals surface area contributed by atoms with E-state index >= 15 is 0 Å². The van der Waals surface area contributed by atoms with Gasteiger partial charge >= 0.3 is 0 Å². The first-order chi connectivity index (χ1) is 18.0. The third kappa shape index (κ3) is 7.57. The van der Waals surface area contributed by atoms with E-state index in [-0.39, 0.29) is 0 Å². The fourth-order valence-electron chi connectivity index (χ4n) is 14.4. The molecule has 0 aliphatic carbocycles. The van der Waals surface area contributed by atoms with E-state index in [9.17, 15) is 0 Å². The molecule has 0 saturated heterocycles. The van der Waals surface area contributed by atoms with Crippen molar-refractivity contribution in [1.29, 1.82) is 0 Å². The van der Waals surface area contributed by atoms with Gasteiger partial charge in [0.1, 0.15) is 6.71 Å². The summed E-state index contributed by atoms with van der Waals surface area (Å²) in [5.74, 6) is 4.37. The summed E-state index contributed by atoms with van der Waals surface area (Å²) < 4.78 is 0.